The molecular formula is C20H31FN6. The Bertz CT molecular complexity index is 781. The highest BCUT2D eigenvalue weighted by Gasteiger charge is 2.15. The van der Waals surface area contributed by atoms with Crippen LogP contribution in [0.5, 0.6) is 0 Å². The molecule has 0 fully saturated rings. The van der Waals surface area contributed by atoms with Crippen LogP contribution in [-0.2, 0) is 13.6 Å². The Morgan fingerprint density at radius 3 is 2.59 bits per heavy atom. The second-order valence-corrected chi connectivity index (χ2v) is 6.88. The molecule has 0 bridgehead atoms. The van der Waals surface area contributed by atoms with Crippen molar-refractivity contribution in [3.05, 3.63) is 52.6 Å². The van der Waals surface area contributed by atoms with Crippen LogP contribution in [0.4, 0.5) is 4.39 Å². The second kappa shape index (κ2) is 9.50. The van der Waals surface area contributed by atoms with Gasteiger partial charge in [-0.3, -0.25) is 4.68 Å². The van der Waals surface area contributed by atoms with Crippen LogP contribution in [0.2, 0.25) is 0 Å². The van der Waals surface area contributed by atoms with E-state index in [4.69, 9.17) is 4.99 Å². The molecule has 0 saturated carbocycles. The van der Waals surface area contributed by atoms with E-state index >= 15 is 0 Å². The lowest BCUT2D eigenvalue weighted by Crippen LogP contribution is -2.41. The summed E-state index contributed by atoms with van der Waals surface area (Å²) in [6.07, 6.45) is 0. The summed E-state index contributed by atoms with van der Waals surface area (Å²) in [4.78, 5) is 6.78. The van der Waals surface area contributed by atoms with Gasteiger partial charge in [-0.25, -0.2) is 9.38 Å². The van der Waals surface area contributed by atoms with Gasteiger partial charge in [-0.15, -0.1) is 0 Å². The topological polar surface area (TPSA) is 57.5 Å². The SMILES string of the molecule is CCNC(=NCc1c(C)nn(C)c1C)NCC(c1cccc(F)c1)N(C)C. The third kappa shape index (κ3) is 5.53. The summed E-state index contributed by atoms with van der Waals surface area (Å²) in [7, 11) is 5.92. The Morgan fingerprint density at radius 1 is 1.30 bits per heavy atom. The van der Waals surface area contributed by atoms with Gasteiger partial charge in [-0.1, -0.05) is 12.1 Å². The number of hydrogen-bond acceptors (Lipinski definition) is 3. The third-order valence-corrected chi connectivity index (χ3v) is 4.72. The summed E-state index contributed by atoms with van der Waals surface area (Å²) >= 11 is 0. The van der Waals surface area contributed by atoms with Gasteiger partial charge in [0.15, 0.2) is 5.96 Å². The largest absolute Gasteiger partial charge is 0.357 e. The van der Waals surface area contributed by atoms with E-state index < -0.39 is 0 Å². The van der Waals surface area contributed by atoms with Crippen LogP contribution in [0.1, 0.15) is 35.5 Å². The van der Waals surface area contributed by atoms with Crippen molar-refractivity contribution in [2.45, 2.75) is 33.4 Å². The van der Waals surface area contributed by atoms with Crippen molar-refractivity contribution >= 4 is 5.96 Å². The molecule has 7 heteroatoms. The number of likely N-dealkylation sites (N-methyl/N-ethyl adjacent to an activating group) is 1. The molecule has 0 amide bonds. The fourth-order valence-corrected chi connectivity index (χ4v) is 3.05. The van der Waals surface area contributed by atoms with Crippen molar-refractivity contribution < 1.29 is 4.39 Å². The lowest BCUT2D eigenvalue weighted by molar-refractivity contribution is 0.297. The number of halogens is 1. The van der Waals surface area contributed by atoms with Crippen molar-refractivity contribution in [3.63, 3.8) is 0 Å². The molecule has 1 aromatic carbocycles. The van der Waals surface area contributed by atoms with Gasteiger partial charge in [0.25, 0.3) is 0 Å². The first kappa shape index (κ1) is 20.9. The number of nitrogens with one attached hydrogen (secondary N) is 2. The number of nitrogens with zero attached hydrogens (tertiary/aromatic N) is 4. The van der Waals surface area contributed by atoms with Gasteiger partial charge < -0.3 is 15.5 Å². The molecule has 1 aromatic heterocycles. The Kier molecular flexibility index (Phi) is 7.36. The Hall–Kier alpha value is -2.41. The average Bonchev–Trinajstić information content (AvgIpc) is 2.85. The molecule has 1 unspecified atom stereocenters. The molecule has 1 atom stereocenters. The van der Waals surface area contributed by atoms with Crippen molar-refractivity contribution in [3.8, 4) is 0 Å². The van der Waals surface area contributed by atoms with Crippen LogP contribution in [0.25, 0.3) is 0 Å². The third-order valence-electron chi connectivity index (χ3n) is 4.72. The van der Waals surface area contributed by atoms with Crippen LogP contribution < -0.4 is 10.6 Å². The molecule has 0 aliphatic heterocycles. The molecule has 2 rings (SSSR count). The molecule has 0 radical (unpaired) electrons. The summed E-state index contributed by atoms with van der Waals surface area (Å²) in [6.45, 7) is 8.04. The number of guanidine groups is 1. The first-order valence-electron chi connectivity index (χ1n) is 9.26. The van der Waals surface area contributed by atoms with Crippen LogP contribution in [0.3, 0.4) is 0 Å². The van der Waals surface area contributed by atoms with E-state index in [-0.39, 0.29) is 11.9 Å². The number of aliphatic imine (C=N–C) groups is 1. The molecule has 2 aromatic rings. The zero-order valence-corrected chi connectivity index (χ0v) is 17.2. The summed E-state index contributed by atoms with van der Waals surface area (Å²) in [6, 6.07) is 6.77. The first-order chi connectivity index (χ1) is 12.8. The van der Waals surface area contributed by atoms with Crippen molar-refractivity contribution in [2.75, 3.05) is 27.2 Å². The molecule has 0 aliphatic rings. The van der Waals surface area contributed by atoms with Crippen molar-refractivity contribution in [1.29, 1.82) is 0 Å². The maximum Gasteiger partial charge on any atom is 0.191 e. The van der Waals surface area contributed by atoms with E-state index in [0.29, 0.717) is 13.1 Å². The molecule has 0 spiro atoms. The summed E-state index contributed by atoms with van der Waals surface area (Å²) in [5.41, 5.74) is 4.20. The van der Waals surface area contributed by atoms with Gasteiger partial charge in [0, 0.05) is 31.4 Å². The Labute approximate surface area is 161 Å². The maximum absolute atomic E-state index is 13.6. The van der Waals surface area contributed by atoms with Crippen molar-refractivity contribution in [1.82, 2.24) is 25.3 Å². The zero-order chi connectivity index (χ0) is 20.0. The Balaban J connectivity index is 2.12. The smallest absolute Gasteiger partial charge is 0.191 e. The van der Waals surface area contributed by atoms with Gasteiger partial charge in [-0.2, -0.15) is 5.10 Å². The minimum absolute atomic E-state index is 0.0337. The molecule has 6 nitrogen and oxygen atoms in total. The number of aromatic nitrogens is 2. The van der Waals surface area contributed by atoms with E-state index in [2.05, 4.69) is 27.6 Å². The van der Waals surface area contributed by atoms with Gasteiger partial charge in [-0.05, 0) is 52.6 Å². The molecule has 0 saturated heterocycles. The predicted molar refractivity (Wildman–Crippen MR) is 108 cm³/mol. The minimum Gasteiger partial charge on any atom is -0.357 e. The zero-order valence-electron chi connectivity index (χ0n) is 17.2. The lowest BCUT2D eigenvalue weighted by Gasteiger charge is -2.26. The van der Waals surface area contributed by atoms with Crippen LogP contribution in [0.15, 0.2) is 29.3 Å². The molecule has 1 heterocycles. The standard InChI is InChI=1S/C20H31FN6/c1-7-22-20(23-12-18-14(2)25-27(6)15(18)3)24-13-19(26(4)5)16-9-8-10-17(21)11-16/h8-11,19H,7,12-13H2,1-6H3,(H2,22,23,24). The summed E-state index contributed by atoms with van der Waals surface area (Å²) in [5.74, 6) is 0.519. The first-order valence-corrected chi connectivity index (χ1v) is 9.26. The maximum atomic E-state index is 13.6. The number of benzene rings is 1. The van der Waals surface area contributed by atoms with E-state index in [1.807, 2.05) is 45.7 Å². The van der Waals surface area contributed by atoms with Gasteiger partial charge in [0.05, 0.1) is 18.3 Å². The minimum atomic E-state index is -0.220. The number of rotatable bonds is 7. The fourth-order valence-electron chi connectivity index (χ4n) is 3.05. The number of hydrogen-bond donors (Lipinski definition) is 2. The molecule has 27 heavy (non-hydrogen) atoms. The molecule has 0 aliphatic carbocycles. The molecular weight excluding hydrogens is 343 g/mol. The highest BCUT2D eigenvalue weighted by Crippen LogP contribution is 2.18. The monoisotopic (exact) mass is 374 g/mol. The summed E-state index contributed by atoms with van der Waals surface area (Å²) < 4.78 is 15.5. The van der Waals surface area contributed by atoms with Crippen molar-refractivity contribution in [2.24, 2.45) is 12.0 Å². The quantitative estimate of drug-likeness (QED) is 0.578. The van der Waals surface area contributed by atoms with Crippen LogP contribution in [0, 0.1) is 19.7 Å². The Morgan fingerprint density at radius 2 is 2.04 bits per heavy atom. The van der Waals surface area contributed by atoms with E-state index in [1.54, 1.807) is 12.1 Å². The molecule has 148 valence electrons. The second-order valence-electron chi connectivity index (χ2n) is 6.88. The van der Waals surface area contributed by atoms with Crippen LogP contribution in [-0.4, -0.2) is 47.8 Å². The van der Waals surface area contributed by atoms with Crippen LogP contribution >= 0.6 is 0 Å². The highest BCUT2D eigenvalue weighted by atomic mass is 19.1. The number of aryl methyl sites for hydroxylation is 2. The van der Waals surface area contributed by atoms with E-state index in [0.717, 1.165) is 35.0 Å². The summed E-state index contributed by atoms with van der Waals surface area (Å²) in [5, 5.41) is 11.1. The van der Waals surface area contributed by atoms with E-state index in [9.17, 15) is 4.39 Å². The predicted octanol–water partition coefficient (Wildman–Crippen LogP) is 2.53. The average molecular weight is 375 g/mol. The fraction of sp³-hybridized carbons (Fsp3) is 0.500. The molecule has 2 N–H and O–H groups in total. The van der Waals surface area contributed by atoms with Gasteiger partial charge >= 0.3 is 0 Å². The normalized spacial score (nSPS) is 13.1. The highest BCUT2D eigenvalue weighted by molar-refractivity contribution is 5.79. The van der Waals surface area contributed by atoms with Gasteiger partial charge in [0.1, 0.15) is 5.82 Å². The van der Waals surface area contributed by atoms with E-state index in [1.165, 1.54) is 6.07 Å². The van der Waals surface area contributed by atoms with Gasteiger partial charge in [0.2, 0.25) is 0 Å². The lowest BCUT2D eigenvalue weighted by atomic mass is 10.1.